The van der Waals surface area contributed by atoms with E-state index in [0.717, 1.165) is 4.90 Å². The lowest BCUT2D eigenvalue weighted by Gasteiger charge is -2.33. The molecule has 1 aromatic carbocycles. The van der Waals surface area contributed by atoms with Crippen molar-refractivity contribution in [2.75, 3.05) is 6.61 Å². The van der Waals surface area contributed by atoms with Crippen molar-refractivity contribution >= 4 is 17.8 Å². The lowest BCUT2D eigenvalue weighted by atomic mass is 10.0. The van der Waals surface area contributed by atoms with Crippen LogP contribution >= 0.6 is 0 Å². The number of benzene rings is 1. The average molecular weight is 287 g/mol. The van der Waals surface area contributed by atoms with Crippen molar-refractivity contribution in [1.82, 2.24) is 4.90 Å². The molecule has 1 aliphatic heterocycles. The Morgan fingerprint density at radius 3 is 2.10 bits per heavy atom. The number of carbonyl (C=O) groups excluding carboxylic acids is 3. The van der Waals surface area contributed by atoms with Crippen LogP contribution in [-0.2, 0) is 9.53 Å². The van der Waals surface area contributed by atoms with Crippen molar-refractivity contribution in [3.8, 4) is 0 Å². The molecule has 0 bridgehead atoms. The second kappa shape index (κ2) is 5.16. The fourth-order valence-corrected chi connectivity index (χ4v) is 2.17. The molecule has 110 valence electrons. The number of nitrogens with zero attached hydrogens (tertiary/aromatic N) is 1. The largest absolute Gasteiger partial charge is 0.460 e. The maximum atomic E-state index is 12.4. The summed E-state index contributed by atoms with van der Waals surface area (Å²) < 4.78 is 5.09. The van der Waals surface area contributed by atoms with E-state index in [4.69, 9.17) is 4.74 Å². The van der Waals surface area contributed by atoms with E-state index in [-0.39, 0.29) is 24.0 Å². The van der Waals surface area contributed by atoms with Gasteiger partial charge in [0.15, 0.2) is 0 Å². The molecule has 21 heavy (non-hydrogen) atoms. The fourth-order valence-electron chi connectivity index (χ4n) is 2.17. The SMILES string of the molecule is C=C(C)C(=O)OCC(C)(C)N1C(=O)c2ccccc2C1=O. The van der Waals surface area contributed by atoms with Crippen LogP contribution in [0.2, 0.25) is 0 Å². The predicted molar refractivity (Wildman–Crippen MR) is 76.8 cm³/mol. The number of carbonyl (C=O) groups is 3. The molecule has 0 radical (unpaired) electrons. The van der Waals surface area contributed by atoms with Gasteiger partial charge in [0, 0.05) is 5.57 Å². The van der Waals surface area contributed by atoms with Crippen LogP contribution in [0.4, 0.5) is 0 Å². The van der Waals surface area contributed by atoms with Crippen LogP contribution in [0.25, 0.3) is 0 Å². The summed E-state index contributed by atoms with van der Waals surface area (Å²) in [6.45, 7) is 8.32. The molecule has 0 N–H and O–H groups in total. The van der Waals surface area contributed by atoms with E-state index >= 15 is 0 Å². The van der Waals surface area contributed by atoms with E-state index in [9.17, 15) is 14.4 Å². The number of ether oxygens (including phenoxy) is 1. The second-order valence-electron chi connectivity index (χ2n) is 5.66. The molecular weight excluding hydrogens is 270 g/mol. The maximum absolute atomic E-state index is 12.4. The fraction of sp³-hybridized carbons (Fsp3) is 0.312. The number of fused-ring (bicyclic) bond motifs is 1. The van der Waals surface area contributed by atoms with Gasteiger partial charge in [0.2, 0.25) is 0 Å². The summed E-state index contributed by atoms with van der Waals surface area (Å²) in [5.74, 6) is -1.28. The van der Waals surface area contributed by atoms with Crippen molar-refractivity contribution in [2.45, 2.75) is 26.3 Å². The lowest BCUT2D eigenvalue weighted by molar-refractivity contribution is -0.141. The molecule has 0 spiro atoms. The molecule has 0 unspecified atom stereocenters. The van der Waals surface area contributed by atoms with Gasteiger partial charge in [-0.3, -0.25) is 14.5 Å². The first-order chi connectivity index (χ1) is 9.75. The summed E-state index contributed by atoms with van der Waals surface area (Å²) in [6, 6.07) is 6.65. The zero-order chi connectivity index (χ0) is 15.8. The van der Waals surface area contributed by atoms with E-state index in [1.165, 1.54) is 6.92 Å². The van der Waals surface area contributed by atoms with Crippen LogP contribution in [0.3, 0.4) is 0 Å². The average Bonchev–Trinajstić information content (AvgIpc) is 2.69. The quantitative estimate of drug-likeness (QED) is 0.484. The van der Waals surface area contributed by atoms with Gasteiger partial charge in [0.25, 0.3) is 11.8 Å². The van der Waals surface area contributed by atoms with E-state index in [1.807, 2.05) is 0 Å². The highest BCUT2D eigenvalue weighted by Crippen LogP contribution is 2.29. The summed E-state index contributed by atoms with van der Waals surface area (Å²) in [5.41, 5.74) is 0.0925. The molecular formula is C16H17NO4. The molecule has 1 heterocycles. The van der Waals surface area contributed by atoms with Crippen molar-refractivity contribution in [1.29, 1.82) is 0 Å². The van der Waals surface area contributed by atoms with Crippen LogP contribution in [0.5, 0.6) is 0 Å². The Morgan fingerprint density at radius 2 is 1.67 bits per heavy atom. The number of amides is 2. The molecule has 0 saturated carbocycles. The molecule has 5 nitrogen and oxygen atoms in total. The number of esters is 1. The van der Waals surface area contributed by atoms with Gasteiger partial charge in [-0.05, 0) is 32.9 Å². The van der Waals surface area contributed by atoms with Gasteiger partial charge >= 0.3 is 5.97 Å². The van der Waals surface area contributed by atoms with Crippen molar-refractivity contribution < 1.29 is 19.1 Å². The Kier molecular flexibility index (Phi) is 3.68. The molecule has 0 atom stereocenters. The predicted octanol–water partition coefficient (Wildman–Crippen LogP) is 2.18. The van der Waals surface area contributed by atoms with Gasteiger partial charge in [-0.1, -0.05) is 18.7 Å². The molecule has 2 rings (SSSR count). The number of hydrogen-bond acceptors (Lipinski definition) is 4. The highest BCUT2D eigenvalue weighted by molar-refractivity contribution is 6.21. The molecule has 0 saturated heterocycles. The number of hydrogen-bond donors (Lipinski definition) is 0. The Hall–Kier alpha value is -2.43. The van der Waals surface area contributed by atoms with Crippen molar-refractivity contribution in [3.05, 3.63) is 47.5 Å². The number of rotatable bonds is 4. The zero-order valence-corrected chi connectivity index (χ0v) is 12.3. The molecule has 0 aliphatic carbocycles. The van der Waals surface area contributed by atoms with Crippen molar-refractivity contribution in [3.63, 3.8) is 0 Å². The number of imide groups is 1. The molecule has 0 fully saturated rings. The van der Waals surface area contributed by atoms with Gasteiger partial charge in [-0.2, -0.15) is 0 Å². The smallest absolute Gasteiger partial charge is 0.333 e. The molecule has 5 heteroatoms. The van der Waals surface area contributed by atoms with Crippen LogP contribution in [0, 0.1) is 0 Å². The maximum Gasteiger partial charge on any atom is 0.333 e. The summed E-state index contributed by atoms with van der Waals surface area (Å²) >= 11 is 0. The van der Waals surface area contributed by atoms with E-state index in [0.29, 0.717) is 11.1 Å². The van der Waals surface area contributed by atoms with Gasteiger partial charge in [0.05, 0.1) is 16.7 Å². The highest BCUT2D eigenvalue weighted by Gasteiger charge is 2.44. The summed E-state index contributed by atoms with van der Waals surface area (Å²) in [7, 11) is 0. The third-order valence-electron chi connectivity index (χ3n) is 3.30. The highest BCUT2D eigenvalue weighted by atomic mass is 16.5. The van der Waals surface area contributed by atoms with Crippen LogP contribution in [-0.4, -0.2) is 34.8 Å². The Labute approximate surface area is 123 Å². The first-order valence-corrected chi connectivity index (χ1v) is 6.56. The topological polar surface area (TPSA) is 63.7 Å². The van der Waals surface area contributed by atoms with Crippen LogP contribution in [0.15, 0.2) is 36.4 Å². The van der Waals surface area contributed by atoms with Gasteiger partial charge < -0.3 is 4.74 Å². The standard InChI is InChI=1S/C16H17NO4/c1-10(2)15(20)21-9-16(3,4)17-13(18)11-7-5-6-8-12(11)14(17)19/h5-8H,1,9H2,2-4H3. The minimum Gasteiger partial charge on any atom is -0.460 e. The van der Waals surface area contributed by atoms with E-state index in [2.05, 4.69) is 6.58 Å². The molecule has 2 amide bonds. The second-order valence-corrected chi connectivity index (χ2v) is 5.66. The first kappa shape index (κ1) is 15.0. The van der Waals surface area contributed by atoms with Crippen molar-refractivity contribution in [2.24, 2.45) is 0 Å². The van der Waals surface area contributed by atoms with E-state index in [1.54, 1.807) is 38.1 Å². The van der Waals surface area contributed by atoms with Crippen LogP contribution in [0.1, 0.15) is 41.5 Å². The lowest BCUT2D eigenvalue weighted by Crippen LogP contribution is -2.51. The first-order valence-electron chi connectivity index (χ1n) is 6.56. The van der Waals surface area contributed by atoms with Gasteiger partial charge in [-0.25, -0.2) is 4.79 Å². The molecule has 0 aromatic heterocycles. The van der Waals surface area contributed by atoms with Crippen LogP contribution < -0.4 is 0 Å². The summed E-state index contributed by atoms with van der Waals surface area (Å²) in [6.07, 6.45) is 0. The summed E-state index contributed by atoms with van der Waals surface area (Å²) in [4.78, 5) is 37.4. The summed E-state index contributed by atoms with van der Waals surface area (Å²) in [5, 5.41) is 0. The van der Waals surface area contributed by atoms with Gasteiger partial charge in [0.1, 0.15) is 6.61 Å². The van der Waals surface area contributed by atoms with Gasteiger partial charge in [-0.15, -0.1) is 0 Å². The Morgan fingerprint density at radius 1 is 1.19 bits per heavy atom. The minimum atomic E-state index is -0.932. The molecule has 1 aromatic rings. The monoisotopic (exact) mass is 287 g/mol. The molecule has 1 aliphatic rings. The Balaban J connectivity index is 2.22. The zero-order valence-electron chi connectivity index (χ0n) is 12.3. The Bertz CT molecular complexity index is 610. The third kappa shape index (κ3) is 2.59. The minimum absolute atomic E-state index is 0.0792. The normalized spacial score (nSPS) is 14.1. The van der Waals surface area contributed by atoms with E-state index < -0.39 is 11.5 Å². The third-order valence-corrected chi connectivity index (χ3v) is 3.30.